The van der Waals surface area contributed by atoms with Crippen LogP contribution in [0, 0.1) is 0 Å². The van der Waals surface area contributed by atoms with E-state index in [0.29, 0.717) is 19.0 Å². The van der Waals surface area contributed by atoms with Crippen molar-refractivity contribution in [3.8, 4) is 0 Å². The van der Waals surface area contributed by atoms with Crippen LogP contribution in [0.5, 0.6) is 0 Å². The van der Waals surface area contributed by atoms with Gasteiger partial charge in [0.2, 0.25) is 5.96 Å². The molecular formula is C14H17N3O2. The molecule has 1 aromatic carbocycles. The van der Waals surface area contributed by atoms with E-state index in [2.05, 4.69) is 33.8 Å². The Kier molecular flexibility index (Phi) is 4.18. The van der Waals surface area contributed by atoms with Crippen LogP contribution in [0.4, 0.5) is 4.79 Å². The summed E-state index contributed by atoms with van der Waals surface area (Å²) in [6.45, 7) is 4.97. The molecule has 0 radical (unpaired) electrons. The standard InChI is InChI=1S/C14H17N3O2/c1-3-9-17-12(11-7-5-4-6-8-11)10-15-13(17)16-14(18)19-2/h3-8,12H,1,9-10H2,2H3,(H,15,16,18). The van der Waals surface area contributed by atoms with Crippen molar-refractivity contribution >= 4 is 12.1 Å². The zero-order chi connectivity index (χ0) is 13.7. The van der Waals surface area contributed by atoms with E-state index in [1.165, 1.54) is 7.11 Å². The van der Waals surface area contributed by atoms with E-state index in [4.69, 9.17) is 0 Å². The number of nitrogens with zero attached hydrogens (tertiary/aromatic N) is 2. The first-order valence-corrected chi connectivity index (χ1v) is 6.08. The summed E-state index contributed by atoms with van der Waals surface area (Å²) in [5, 5.41) is 2.63. The molecule has 5 nitrogen and oxygen atoms in total. The monoisotopic (exact) mass is 259 g/mol. The Morgan fingerprint density at radius 1 is 1.58 bits per heavy atom. The molecular weight excluding hydrogens is 242 g/mol. The number of aliphatic imine (C=N–C) groups is 1. The molecule has 0 aromatic heterocycles. The SMILES string of the molecule is C=CCN1C(NC(=O)OC)=NCC1c1ccccc1. The molecule has 1 N–H and O–H groups in total. The van der Waals surface area contributed by atoms with Crippen molar-refractivity contribution < 1.29 is 9.53 Å². The number of methoxy groups -OCH3 is 1. The summed E-state index contributed by atoms with van der Waals surface area (Å²) < 4.78 is 4.60. The fourth-order valence-electron chi connectivity index (χ4n) is 2.08. The van der Waals surface area contributed by atoms with Crippen molar-refractivity contribution in [1.82, 2.24) is 10.2 Å². The third-order valence-corrected chi connectivity index (χ3v) is 2.97. The average Bonchev–Trinajstić information content (AvgIpc) is 2.83. The maximum atomic E-state index is 11.3. The number of rotatable bonds is 3. The van der Waals surface area contributed by atoms with Crippen LogP contribution >= 0.6 is 0 Å². The second-order valence-corrected chi connectivity index (χ2v) is 4.15. The number of benzene rings is 1. The van der Waals surface area contributed by atoms with E-state index in [-0.39, 0.29) is 6.04 Å². The van der Waals surface area contributed by atoms with E-state index in [9.17, 15) is 4.79 Å². The highest BCUT2D eigenvalue weighted by atomic mass is 16.5. The molecule has 1 unspecified atom stereocenters. The van der Waals surface area contributed by atoms with Gasteiger partial charge >= 0.3 is 6.09 Å². The number of amides is 1. The molecule has 1 aliphatic rings. The van der Waals surface area contributed by atoms with Gasteiger partial charge < -0.3 is 9.64 Å². The number of carbonyl (C=O) groups excluding carboxylic acids is 1. The molecule has 19 heavy (non-hydrogen) atoms. The molecule has 2 rings (SSSR count). The Labute approximate surface area is 112 Å². The average molecular weight is 259 g/mol. The second-order valence-electron chi connectivity index (χ2n) is 4.15. The van der Waals surface area contributed by atoms with Crippen molar-refractivity contribution in [2.75, 3.05) is 20.2 Å². The summed E-state index contributed by atoms with van der Waals surface area (Å²) in [7, 11) is 1.33. The molecule has 1 aromatic rings. The van der Waals surface area contributed by atoms with Gasteiger partial charge in [-0.3, -0.25) is 10.3 Å². The molecule has 1 aliphatic heterocycles. The number of alkyl carbamates (subject to hydrolysis) is 1. The Balaban J connectivity index is 2.16. The molecule has 1 amide bonds. The lowest BCUT2D eigenvalue weighted by Crippen LogP contribution is -2.42. The molecule has 0 aliphatic carbocycles. The lowest BCUT2D eigenvalue weighted by molar-refractivity contribution is 0.175. The van der Waals surface area contributed by atoms with Crippen molar-refractivity contribution in [3.05, 3.63) is 48.6 Å². The number of nitrogens with one attached hydrogen (secondary N) is 1. The van der Waals surface area contributed by atoms with E-state index < -0.39 is 6.09 Å². The van der Waals surface area contributed by atoms with Crippen molar-refractivity contribution in [3.63, 3.8) is 0 Å². The van der Waals surface area contributed by atoms with Crippen LogP contribution in [0.1, 0.15) is 11.6 Å². The number of guanidine groups is 1. The molecule has 1 heterocycles. The fourth-order valence-corrected chi connectivity index (χ4v) is 2.08. The summed E-state index contributed by atoms with van der Waals surface area (Å²) in [6, 6.07) is 10.2. The van der Waals surface area contributed by atoms with Gasteiger partial charge in [0.25, 0.3) is 0 Å². The highest BCUT2D eigenvalue weighted by Crippen LogP contribution is 2.25. The highest BCUT2D eigenvalue weighted by molar-refractivity contribution is 5.95. The van der Waals surface area contributed by atoms with Crippen molar-refractivity contribution in [2.24, 2.45) is 4.99 Å². The second kappa shape index (κ2) is 6.04. The Hall–Kier alpha value is -2.30. The van der Waals surface area contributed by atoms with Crippen molar-refractivity contribution in [1.29, 1.82) is 0 Å². The Bertz CT molecular complexity index is 485. The molecule has 1 atom stereocenters. The maximum absolute atomic E-state index is 11.3. The normalized spacial score (nSPS) is 17.8. The predicted octanol–water partition coefficient (Wildman–Crippen LogP) is 1.94. The number of carbonyl (C=O) groups is 1. The zero-order valence-electron chi connectivity index (χ0n) is 10.9. The van der Waals surface area contributed by atoms with Gasteiger partial charge in [0.05, 0.1) is 19.7 Å². The molecule has 100 valence electrons. The third kappa shape index (κ3) is 2.93. The first kappa shape index (κ1) is 13.1. The van der Waals surface area contributed by atoms with Gasteiger partial charge in [-0.1, -0.05) is 36.4 Å². The molecule has 0 spiro atoms. The summed E-state index contributed by atoms with van der Waals surface area (Å²) in [5.41, 5.74) is 1.16. The summed E-state index contributed by atoms with van der Waals surface area (Å²) in [6.07, 6.45) is 1.27. The predicted molar refractivity (Wildman–Crippen MR) is 73.9 cm³/mol. The van der Waals surface area contributed by atoms with Gasteiger partial charge in [-0.05, 0) is 5.56 Å². The third-order valence-electron chi connectivity index (χ3n) is 2.97. The van der Waals surface area contributed by atoms with Crippen LogP contribution in [0.2, 0.25) is 0 Å². The summed E-state index contributed by atoms with van der Waals surface area (Å²) in [5.74, 6) is 0.528. The number of hydrogen-bond acceptors (Lipinski definition) is 4. The van der Waals surface area contributed by atoms with E-state index in [0.717, 1.165) is 5.56 Å². The summed E-state index contributed by atoms with van der Waals surface area (Å²) >= 11 is 0. The van der Waals surface area contributed by atoms with Crippen LogP contribution < -0.4 is 5.32 Å². The quantitative estimate of drug-likeness (QED) is 0.844. The van der Waals surface area contributed by atoms with Gasteiger partial charge in [-0.15, -0.1) is 6.58 Å². The largest absolute Gasteiger partial charge is 0.453 e. The van der Waals surface area contributed by atoms with Crippen LogP contribution in [0.3, 0.4) is 0 Å². The van der Waals surface area contributed by atoms with Crippen molar-refractivity contribution in [2.45, 2.75) is 6.04 Å². The van der Waals surface area contributed by atoms with Gasteiger partial charge in [0.15, 0.2) is 0 Å². The van der Waals surface area contributed by atoms with E-state index in [1.807, 2.05) is 23.1 Å². The fraction of sp³-hybridized carbons (Fsp3) is 0.286. The topological polar surface area (TPSA) is 53.9 Å². The molecule has 0 bridgehead atoms. The first-order valence-electron chi connectivity index (χ1n) is 6.08. The van der Waals surface area contributed by atoms with Crippen LogP contribution in [0.15, 0.2) is 48.0 Å². The summed E-state index contributed by atoms with van der Waals surface area (Å²) in [4.78, 5) is 17.7. The lowest BCUT2D eigenvalue weighted by atomic mass is 10.1. The van der Waals surface area contributed by atoms with Gasteiger partial charge in [-0.2, -0.15) is 0 Å². The van der Waals surface area contributed by atoms with Crippen LogP contribution in [0.25, 0.3) is 0 Å². The van der Waals surface area contributed by atoms with Gasteiger partial charge in [0, 0.05) is 6.54 Å². The molecule has 0 saturated heterocycles. The Morgan fingerprint density at radius 2 is 2.32 bits per heavy atom. The number of hydrogen-bond donors (Lipinski definition) is 1. The molecule has 0 saturated carbocycles. The minimum atomic E-state index is -0.512. The highest BCUT2D eigenvalue weighted by Gasteiger charge is 2.29. The minimum Gasteiger partial charge on any atom is -0.453 e. The zero-order valence-corrected chi connectivity index (χ0v) is 10.9. The first-order chi connectivity index (χ1) is 9.26. The molecule has 0 fully saturated rings. The van der Waals surface area contributed by atoms with Gasteiger partial charge in [0.1, 0.15) is 0 Å². The van der Waals surface area contributed by atoms with E-state index in [1.54, 1.807) is 6.08 Å². The molecule has 5 heteroatoms. The van der Waals surface area contributed by atoms with Gasteiger partial charge in [-0.25, -0.2) is 4.79 Å². The van der Waals surface area contributed by atoms with Crippen LogP contribution in [-0.4, -0.2) is 37.2 Å². The van der Waals surface area contributed by atoms with Crippen LogP contribution in [-0.2, 0) is 4.74 Å². The lowest BCUT2D eigenvalue weighted by Gasteiger charge is -2.26. The number of ether oxygens (including phenoxy) is 1. The minimum absolute atomic E-state index is 0.117. The smallest absolute Gasteiger partial charge is 0.413 e. The maximum Gasteiger partial charge on any atom is 0.413 e. The van der Waals surface area contributed by atoms with E-state index >= 15 is 0 Å². The Morgan fingerprint density at radius 3 is 2.95 bits per heavy atom.